The third kappa shape index (κ3) is 5.21. The van der Waals surface area contributed by atoms with Crippen molar-refractivity contribution in [3.8, 4) is 0 Å². The van der Waals surface area contributed by atoms with Crippen LogP contribution in [0.5, 0.6) is 0 Å². The van der Waals surface area contributed by atoms with E-state index in [1.165, 1.54) is 44.3 Å². The Hall–Kier alpha value is -1.71. The van der Waals surface area contributed by atoms with Crippen LogP contribution in [0.25, 0.3) is 0 Å². The molecule has 0 radical (unpaired) electrons. The molecule has 0 spiro atoms. The molecule has 1 atom stereocenters. The quantitative estimate of drug-likeness (QED) is 0.518. The van der Waals surface area contributed by atoms with E-state index in [4.69, 9.17) is 27.9 Å². The third-order valence-corrected chi connectivity index (χ3v) is 6.46. The molecule has 0 aliphatic heterocycles. The summed E-state index contributed by atoms with van der Waals surface area (Å²) in [6, 6.07) is 8.85. The number of hydrogen-bond acceptors (Lipinski definition) is 6. The van der Waals surface area contributed by atoms with Crippen molar-refractivity contribution in [3.63, 3.8) is 0 Å². The van der Waals surface area contributed by atoms with E-state index in [2.05, 4.69) is 4.98 Å². The number of carbonyl (C=O) groups excluding carboxylic acids is 1. The van der Waals surface area contributed by atoms with E-state index in [1.54, 1.807) is 13.0 Å². The fourth-order valence-corrected chi connectivity index (χ4v) is 4.09. The number of carbonyl (C=O) groups is 1. The highest BCUT2D eigenvalue weighted by molar-refractivity contribution is 7.89. The fourth-order valence-electron chi connectivity index (χ4n) is 2.50. The first-order valence-electron chi connectivity index (χ1n) is 8.17. The van der Waals surface area contributed by atoms with E-state index in [-0.39, 0.29) is 15.7 Å². The molecule has 1 aromatic carbocycles. The van der Waals surface area contributed by atoms with E-state index < -0.39 is 34.7 Å². The van der Waals surface area contributed by atoms with Crippen LogP contribution in [0.15, 0.2) is 41.3 Å². The van der Waals surface area contributed by atoms with Crippen LogP contribution >= 0.6 is 23.2 Å². The van der Waals surface area contributed by atoms with Gasteiger partial charge in [-0.1, -0.05) is 29.3 Å². The summed E-state index contributed by atoms with van der Waals surface area (Å²) >= 11 is 11.9. The number of likely N-dealkylation sites (N-methyl/N-ethyl adjacent to an activating group) is 1. The minimum absolute atomic E-state index is 0.0192. The molecule has 0 fully saturated rings. The first-order valence-corrected chi connectivity index (χ1v) is 10.4. The van der Waals surface area contributed by atoms with Gasteiger partial charge in [-0.15, -0.1) is 0 Å². The van der Waals surface area contributed by atoms with Crippen LogP contribution in [-0.4, -0.2) is 49.0 Å². The molecule has 0 aliphatic rings. The number of hydrogen-bond donors (Lipinski definition) is 1. The molecule has 1 N–H and O–H groups in total. The maximum absolute atomic E-state index is 12.9. The molecule has 0 bridgehead atoms. The van der Waals surface area contributed by atoms with Gasteiger partial charge in [0, 0.05) is 19.0 Å². The van der Waals surface area contributed by atoms with Crippen molar-refractivity contribution in [1.29, 1.82) is 0 Å². The van der Waals surface area contributed by atoms with Gasteiger partial charge in [0.05, 0.1) is 17.1 Å². The van der Waals surface area contributed by atoms with Crippen molar-refractivity contribution in [2.75, 3.05) is 20.2 Å². The molecule has 10 heteroatoms. The summed E-state index contributed by atoms with van der Waals surface area (Å²) in [7, 11) is -2.65. The van der Waals surface area contributed by atoms with E-state index in [1.807, 2.05) is 0 Å². The summed E-state index contributed by atoms with van der Waals surface area (Å²) in [6.07, 6.45) is 0. The molecule has 28 heavy (non-hydrogen) atoms. The number of nitrogens with zero attached hydrogens (tertiary/aromatic N) is 2. The van der Waals surface area contributed by atoms with Crippen molar-refractivity contribution in [2.45, 2.75) is 24.3 Å². The Morgan fingerprint density at radius 1 is 1.29 bits per heavy atom. The van der Waals surface area contributed by atoms with Crippen LogP contribution in [0.3, 0.4) is 0 Å². The zero-order valence-electron chi connectivity index (χ0n) is 15.5. The number of rotatable bonds is 7. The molecular weight excluding hydrogens is 427 g/mol. The Balaban J connectivity index is 2.39. The lowest BCUT2D eigenvalue weighted by molar-refractivity contribution is -0.150. The van der Waals surface area contributed by atoms with Gasteiger partial charge < -0.3 is 9.84 Å². The highest BCUT2D eigenvalue weighted by atomic mass is 35.5. The van der Waals surface area contributed by atoms with Crippen LogP contribution in [0.1, 0.15) is 18.2 Å². The van der Waals surface area contributed by atoms with Crippen LogP contribution in [0.2, 0.25) is 10.2 Å². The van der Waals surface area contributed by atoms with E-state index in [9.17, 15) is 18.3 Å². The van der Waals surface area contributed by atoms with E-state index in [0.717, 1.165) is 4.31 Å². The second-order valence-corrected chi connectivity index (χ2v) is 9.17. The number of esters is 1. The standard InChI is InChI=1S/C18H20Cl2N2O5S/c1-12-9-14(7-8-15(12)19)28(25,26)22(3)10-18(24,11-27-13(2)23)16-5-4-6-17(20)21-16/h4-9,24H,10-11H2,1-3H3. The number of aromatic nitrogens is 1. The molecule has 2 rings (SSSR count). The molecule has 0 amide bonds. The number of halogens is 2. The van der Waals surface area contributed by atoms with Crippen LogP contribution in [0, 0.1) is 6.92 Å². The Morgan fingerprint density at radius 3 is 2.54 bits per heavy atom. The minimum atomic E-state index is -3.95. The zero-order chi connectivity index (χ0) is 21.1. The number of ether oxygens (including phenoxy) is 1. The minimum Gasteiger partial charge on any atom is -0.462 e. The summed E-state index contributed by atoms with van der Waals surface area (Å²) in [5, 5.41) is 11.7. The first kappa shape index (κ1) is 22.6. The Bertz CT molecular complexity index is 984. The maximum atomic E-state index is 12.9. The molecule has 0 saturated carbocycles. The molecule has 0 aliphatic carbocycles. The van der Waals surface area contributed by atoms with Gasteiger partial charge in [0.2, 0.25) is 10.0 Å². The molecule has 1 heterocycles. The van der Waals surface area contributed by atoms with Gasteiger partial charge in [0.1, 0.15) is 11.8 Å². The van der Waals surface area contributed by atoms with Gasteiger partial charge in [-0.25, -0.2) is 13.4 Å². The van der Waals surface area contributed by atoms with Gasteiger partial charge in [-0.2, -0.15) is 4.31 Å². The summed E-state index contributed by atoms with van der Waals surface area (Å²) in [6.45, 7) is 1.96. The van der Waals surface area contributed by atoms with Crippen molar-refractivity contribution in [1.82, 2.24) is 9.29 Å². The van der Waals surface area contributed by atoms with Gasteiger partial charge in [0.25, 0.3) is 0 Å². The Kier molecular flexibility index (Phi) is 7.06. The molecule has 152 valence electrons. The fraction of sp³-hybridized carbons (Fsp3) is 0.333. The summed E-state index contributed by atoms with van der Waals surface area (Å²) in [5.74, 6) is -0.626. The molecule has 0 saturated heterocycles. The highest BCUT2D eigenvalue weighted by Crippen LogP contribution is 2.27. The highest BCUT2D eigenvalue weighted by Gasteiger charge is 2.37. The number of sulfonamides is 1. The second-order valence-electron chi connectivity index (χ2n) is 6.33. The van der Waals surface area contributed by atoms with Crippen LogP contribution in [-0.2, 0) is 25.2 Å². The smallest absolute Gasteiger partial charge is 0.302 e. The van der Waals surface area contributed by atoms with Gasteiger partial charge >= 0.3 is 5.97 Å². The van der Waals surface area contributed by atoms with Crippen molar-refractivity contribution in [3.05, 3.63) is 57.8 Å². The van der Waals surface area contributed by atoms with E-state index in [0.29, 0.717) is 10.6 Å². The summed E-state index contributed by atoms with van der Waals surface area (Å²) in [4.78, 5) is 15.3. The van der Waals surface area contributed by atoms with Crippen molar-refractivity contribution < 1.29 is 23.1 Å². The first-order chi connectivity index (χ1) is 13.0. The number of aliphatic hydroxyl groups is 1. The van der Waals surface area contributed by atoms with Gasteiger partial charge in [0.15, 0.2) is 5.60 Å². The van der Waals surface area contributed by atoms with Crippen LogP contribution < -0.4 is 0 Å². The average Bonchev–Trinajstić information content (AvgIpc) is 2.62. The normalized spacial score (nSPS) is 14.0. The zero-order valence-corrected chi connectivity index (χ0v) is 17.8. The van der Waals surface area contributed by atoms with Gasteiger partial charge in [-0.3, -0.25) is 4.79 Å². The maximum Gasteiger partial charge on any atom is 0.302 e. The summed E-state index contributed by atoms with van der Waals surface area (Å²) in [5.41, 5.74) is -1.22. The van der Waals surface area contributed by atoms with E-state index >= 15 is 0 Å². The molecule has 2 aromatic rings. The SMILES string of the molecule is CC(=O)OCC(O)(CN(C)S(=O)(=O)c1ccc(Cl)c(C)c1)c1cccc(Cl)n1. The Labute approximate surface area is 173 Å². The monoisotopic (exact) mass is 446 g/mol. The van der Waals surface area contributed by atoms with Gasteiger partial charge in [-0.05, 0) is 42.8 Å². The van der Waals surface area contributed by atoms with Crippen LogP contribution in [0.4, 0.5) is 0 Å². The Morgan fingerprint density at radius 2 is 1.96 bits per heavy atom. The van der Waals surface area contributed by atoms with Crippen molar-refractivity contribution in [2.24, 2.45) is 0 Å². The lowest BCUT2D eigenvalue weighted by atomic mass is 10.00. The number of pyridine rings is 1. The predicted octanol–water partition coefficient (Wildman–Crippen LogP) is 2.77. The third-order valence-electron chi connectivity index (χ3n) is 4.03. The average molecular weight is 447 g/mol. The lowest BCUT2D eigenvalue weighted by Gasteiger charge is -2.31. The molecule has 1 unspecified atom stereocenters. The number of benzene rings is 1. The lowest BCUT2D eigenvalue weighted by Crippen LogP contribution is -2.45. The topological polar surface area (TPSA) is 96.8 Å². The summed E-state index contributed by atoms with van der Waals surface area (Å²) < 4.78 is 31.8. The number of aryl methyl sites for hydroxylation is 1. The van der Waals surface area contributed by atoms with Crippen molar-refractivity contribution >= 4 is 39.2 Å². The second kappa shape index (κ2) is 8.75. The predicted molar refractivity (Wildman–Crippen MR) is 106 cm³/mol. The molecule has 1 aromatic heterocycles. The molecular formula is C18H20Cl2N2O5S. The molecule has 7 nitrogen and oxygen atoms in total. The largest absolute Gasteiger partial charge is 0.462 e.